The summed E-state index contributed by atoms with van der Waals surface area (Å²) < 4.78 is 0. The molecule has 0 aliphatic heterocycles. The summed E-state index contributed by atoms with van der Waals surface area (Å²) in [6, 6.07) is 15.2. The molecule has 98 valence electrons. The molecule has 0 radical (unpaired) electrons. The van der Waals surface area contributed by atoms with E-state index in [1.807, 2.05) is 61.7 Å². The van der Waals surface area contributed by atoms with Gasteiger partial charge in [0.1, 0.15) is 0 Å². The van der Waals surface area contributed by atoms with Crippen LogP contribution in [-0.2, 0) is 0 Å². The van der Waals surface area contributed by atoms with Gasteiger partial charge in [-0.25, -0.2) is 4.79 Å². The minimum atomic E-state index is -0.229. The van der Waals surface area contributed by atoms with Crippen LogP contribution in [0, 0.1) is 6.92 Å². The van der Waals surface area contributed by atoms with Gasteiger partial charge in [-0.15, -0.1) is 11.8 Å². The van der Waals surface area contributed by atoms with Gasteiger partial charge in [0, 0.05) is 16.3 Å². The number of nitrogens with one attached hydrogen (secondary N) is 2. The zero-order valence-electron chi connectivity index (χ0n) is 10.9. The monoisotopic (exact) mass is 272 g/mol. The summed E-state index contributed by atoms with van der Waals surface area (Å²) in [5, 5.41) is 5.67. The number of hydrogen-bond acceptors (Lipinski definition) is 2. The molecule has 0 heterocycles. The molecule has 2 amide bonds. The molecule has 0 spiro atoms. The number of thioether (sulfide) groups is 1. The van der Waals surface area contributed by atoms with Crippen LogP contribution in [0.15, 0.2) is 53.4 Å². The second-order valence-corrected chi connectivity index (χ2v) is 5.01. The van der Waals surface area contributed by atoms with Gasteiger partial charge in [0.25, 0.3) is 0 Å². The minimum Gasteiger partial charge on any atom is -0.308 e. The summed E-state index contributed by atoms with van der Waals surface area (Å²) in [6.45, 7) is 1.96. The Balaban J connectivity index is 2.03. The molecule has 0 saturated heterocycles. The molecule has 3 nitrogen and oxygen atoms in total. The summed E-state index contributed by atoms with van der Waals surface area (Å²) in [7, 11) is 0. The van der Waals surface area contributed by atoms with Crippen molar-refractivity contribution in [2.75, 3.05) is 16.9 Å². The lowest BCUT2D eigenvalue weighted by atomic mass is 10.2. The fourth-order valence-corrected chi connectivity index (χ4v) is 2.16. The maximum atomic E-state index is 11.9. The van der Waals surface area contributed by atoms with Crippen LogP contribution in [0.5, 0.6) is 0 Å². The molecule has 2 aromatic carbocycles. The predicted octanol–water partition coefficient (Wildman–Crippen LogP) is 4.36. The van der Waals surface area contributed by atoms with Gasteiger partial charge < -0.3 is 10.6 Å². The number of para-hydroxylation sites is 1. The average molecular weight is 272 g/mol. The molecule has 0 aromatic heterocycles. The lowest BCUT2D eigenvalue weighted by Gasteiger charge is -2.10. The van der Waals surface area contributed by atoms with Gasteiger partial charge in [0.15, 0.2) is 0 Å². The quantitative estimate of drug-likeness (QED) is 0.815. The van der Waals surface area contributed by atoms with Crippen LogP contribution in [0.4, 0.5) is 16.2 Å². The van der Waals surface area contributed by atoms with E-state index in [0.717, 1.165) is 21.8 Å². The molecule has 0 fully saturated rings. The third kappa shape index (κ3) is 3.76. The first-order valence-electron chi connectivity index (χ1n) is 5.97. The van der Waals surface area contributed by atoms with Gasteiger partial charge in [-0.05, 0) is 43.0 Å². The van der Waals surface area contributed by atoms with Crippen LogP contribution in [0.2, 0.25) is 0 Å². The second kappa shape index (κ2) is 6.29. The Morgan fingerprint density at radius 2 is 1.84 bits per heavy atom. The van der Waals surface area contributed by atoms with E-state index < -0.39 is 0 Å². The van der Waals surface area contributed by atoms with Crippen LogP contribution in [-0.4, -0.2) is 12.3 Å². The molecular weight excluding hydrogens is 256 g/mol. The van der Waals surface area contributed by atoms with Gasteiger partial charge >= 0.3 is 6.03 Å². The number of anilines is 2. The lowest BCUT2D eigenvalue weighted by molar-refractivity contribution is 0.262. The zero-order valence-corrected chi connectivity index (χ0v) is 11.8. The molecule has 0 atom stereocenters. The first-order chi connectivity index (χ1) is 9.19. The zero-order chi connectivity index (χ0) is 13.7. The molecule has 0 aliphatic carbocycles. The smallest absolute Gasteiger partial charge is 0.308 e. The third-order valence-corrected chi connectivity index (χ3v) is 3.45. The molecule has 4 heteroatoms. The Morgan fingerprint density at radius 3 is 2.58 bits per heavy atom. The second-order valence-electron chi connectivity index (χ2n) is 4.13. The topological polar surface area (TPSA) is 41.1 Å². The highest BCUT2D eigenvalue weighted by Gasteiger charge is 2.04. The summed E-state index contributed by atoms with van der Waals surface area (Å²) in [4.78, 5) is 13.0. The number of hydrogen-bond donors (Lipinski definition) is 2. The van der Waals surface area contributed by atoms with Crippen molar-refractivity contribution in [3.63, 3.8) is 0 Å². The third-order valence-electron chi connectivity index (χ3n) is 2.72. The molecular formula is C15H16N2OS. The minimum absolute atomic E-state index is 0.229. The lowest BCUT2D eigenvalue weighted by Crippen LogP contribution is -2.19. The van der Waals surface area contributed by atoms with Crippen molar-refractivity contribution in [3.8, 4) is 0 Å². The standard InChI is InChI=1S/C15H16N2OS/c1-11-6-3-4-9-14(11)17-15(18)16-12-7-5-8-13(10-12)19-2/h3-10H,1-2H3,(H2,16,17,18). The van der Waals surface area contributed by atoms with Crippen LogP contribution >= 0.6 is 11.8 Å². The van der Waals surface area contributed by atoms with Gasteiger partial charge in [-0.1, -0.05) is 24.3 Å². The number of aryl methyl sites for hydroxylation is 1. The number of amides is 2. The van der Waals surface area contributed by atoms with Gasteiger partial charge in [0.2, 0.25) is 0 Å². The molecule has 0 bridgehead atoms. The van der Waals surface area contributed by atoms with E-state index in [1.165, 1.54) is 0 Å². The number of carbonyl (C=O) groups is 1. The van der Waals surface area contributed by atoms with Gasteiger partial charge in [-0.2, -0.15) is 0 Å². The number of rotatable bonds is 3. The van der Waals surface area contributed by atoms with Crippen molar-refractivity contribution in [2.24, 2.45) is 0 Å². The van der Waals surface area contributed by atoms with Crippen molar-refractivity contribution < 1.29 is 4.79 Å². The summed E-state index contributed by atoms with van der Waals surface area (Å²) in [5.41, 5.74) is 2.65. The van der Waals surface area contributed by atoms with Crippen LogP contribution in [0.1, 0.15) is 5.56 Å². The SMILES string of the molecule is CSc1cccc(NC(=O)Nc2ccccc2C)c1. The Hall–Kier alpha value is -1.94. The van der Waals surface area contributed by atoms with Crippen LogP contribution in [0.3, 0.4) is 0 Å². The highest BCUT2D eigenvalue weighted by atomic mass is 32.2. The van der Waals surface area contributed by atoms with Crippen LogP contribution < -0.4 is 10.6 Å². The Morgan fingerprint density at radius 1 is 1.05 bits per heavy atom. The molecule has 2 aromatic rings. The molecule has 2 N–H and O–H groups in total. The van der Waals surface area contributed by atoms with E-state index in [2.05, 4.69) is 10.6 Å². The fraction of sp³-hybridized carbons (Fsp3) is 0.133. The molecule has 0 unspecified atom stereocenters. The maximum Gasteiger partial charge on any atom is 0.323 e. The van der Waals surface area contributed by atoms with Crippen molar-refractivity contribution in [3.05, 3.63) is 54.1 Å². The van der Waals surface area contributed by atoms with E-state index in [4.69, 9.17) is 0 Å². The maximum absolute atomic E-state index is 11.9. The van der Waals surface area contributed by atoms with E-state index in [1.54, 1.807) is 11.8 Å². The number of carbonyl (C=O) groups excluding carboxylic acids is 1. The number of benzene rings is 2. The largest absolute Gasteiger partial charge is 0.323 e. The van der Waals surface area contributed by atoms with E-state index in [0.29, 0.717) is 0 Å². The molecule has 0 aliphatic rings. The van der Waals surface area contributed by atoms with Crippen LogP contribution in [0.25, 0.3) is 0 Å². The first-order valence-corrected chi connectivity index (χ1v) is 7.19. The van der Waals surface area contributed by atoms with Crippen molar-refractivity contribution in [1.82, 2.24) is 0 Å². The summed E-state index contributed by atoms with van der Waals surface area (Å²) in [5.74, 6) is 0. The van der Waals surface area contributed by atoms with Gasteiger partial charge in [0.05, 0.1) is 0 Å². The molecule has 0 saturated carbocycles. The Bertz CT molecular complexity index is 584. The average Bonchev–Trinajstić information content (AvgIpc) is 2.41. The van der Waals surface area contributed by atoms with Crippen molar-refractivity contribution in [2.45, 2.75) is 11.8 Å². The summed E-state index contributed by atoms with van der Waals surface area (Å²) in [6.07, 6.45) is 2.01. The first kappa shape index (κ1) is 13.5. The van der Waals surface area contributed by atoms with Crippen molar-refractivity contribution >= 4 is 29.2 Å². The normalized spacial score (nSPS) is 10.0. The Labute approximate surface area is 117 Å². The number of urea groups is 1. The molecule has 2 rings (SSSR count). The Kier molecular flexibility index (Phi) is 4.47. The summed E-state index contributed by atoms with van der Waals surface area (Å²) >= 11 is 1.64. The highest BCUT2D eigenvalue weighted by Crippen LogP contribution is 2.19. The highest BCUT2D eigenvalue weighted by molar-refractivity contribution is 7.98. The molecule has 19 heavy (non-hydrogen) atoms. The predicted molar refractivity (Wildman–Crippen MR) is 82.0 cm³/mol. The van der Waals surface area contributed by atoms with E-state index >= 15 is 0 Å². The fourth-order valence-electron chi connectivity index (χ4n) is 1.70. The van der Waals surface area contributed by atoms with E-state index in [-0.39, 0.29) is 6.03 Å². The van der Waals surface area contributed by atoms with E-state index in [9.17, 15) is 4.79 Å². The van der Waals surface area contributed by atoms with Gasteiger partial charge in [-0.3, -0.25) is 0 Å². The van der Waals surface area contributed by atoms with Crippen molar-refractivity contribution in [1.29, 1.82) is 0 Å².